The van der Waals surface area contributed by atoms with Gasteiger partial charge in [-0.15, -0.1) is 0 Å². The van der Waals surface area contributed by atoms with Crippen molar-refractivity contribution in [1.82, 2.24) is 5.32 Å². The third kappa shape index (κ3) is 5.11. The van der Waals surface area contributed by atoms with E-state index in [1.54, 1.807) is 14.2 Å². The number of hydrogen-bond donors (Lipinski definition) is 2. The van der Waals surface area contributed by atoms with Gasteiger partial charge in [0.2, 0.25) is 0 Å². The van der Waals surface area contributed by atoms with E-state index in [-0.39, 0.29) is 6.04 Å². The Morgan fingerprint density at radius 2 is 1.65 bits per heavy atom. The topological polar surface area (TPSA) is 42.5 Å². The smallest absolute Gasteiger partial charge is 0.171 e. The molecule has 140 valence electrons. The zero-order valence-corrected chi connectivity index (χ0v) is 16.9. The van der Waals surface area contributed by atoms with E-state index in [2.05, 4.69) is 55.7 Å². The van der Waals surface area contributed by atoms with Gasteiger partial charge in [0.05, 0.1) is 25.9 Å². The molecule has 2 atom stereocenters. The second kappa shape index (κ2) is 9.43. The van der Waals surface area contributed by atoms with E-state index in [0.29, 0.717) is 16.8 Å². The normalized spacial score (nSPS) is 12.8. The van der Waals surface area contributed by atoms with Crippen molar-refractivity contribution in [3.05, 3.63) is 53.6 Å². The first kappa shape index (κ1) is 20.0. The Bertz CT molecular complexity index is 731. The maximum absolute atomic E-state index is 5.46. The summed E-state index contributed by atoms with van der Waals surface area (Å²) in [5.41, 5.74) is 3.36. The zero-order valence-electron chi connectivity index (χ0n) is 16.1. The van der Waals surface area contributed by atoms with E-state index < -0.39 is 0 Å². The summed E-state index contributed by atoms with van der Waals surface area (Å²) >= 11 is 5.46. The molecule has 0 saturated heterocycles. The Labute approximate surface area is 161 Å². The molecular formula is C21H28N2O2S. The maximum Gasteiger partial charge on any atom is 0.171 e. The quantitative estimate of drug-likeness (QED) is 0.649. The van der Waals surface area contributed by atoms with E-state index >= 15 is 0 Å². The van der Waals surface area contributed by atoms with Crippen molar-refractivity contribution in [3.63, 3.8) is 0 Å². The summed E-state index contributed by atoms with van der Waals surface area (Å²) in [6.45, 7) is 6.55. The van der Waals surface area contributed by atoms with Crippen molar-refractivity contribution >= 4 is 23.0 Å². The number of ether oxygens (including phenoxy) is 2. The van der Waals surface area contributed by atoms with E-state index in [1.807, 2.05) is 18.2 Å². The fraction of sp³-hybridized carbons (Fsp3) is 0.381. The number of benzene rings is 2. The molecule has 5 heteroatoms. The predicted molar refractivity (Wildman–Crippen MR) is 112 cm³/mol. The van der Waals surface area contributed by atoms with Gasteiger partial charge in [-0.3, -0.25) is 0 Å². The summed E-state index contributed by atoms with van der Waals surface area (Å²) in [6.07, 6.45) is 1.14. The fourth-order valence-corrected chi connectivity index (χ4v) is 2.98. The van der Waals surface area contributed by atoms with Crippen LogP contribution in [0.1, 0.15) is 50.3 Å². The molecule has 2 N–H and O–H groups in total. The van der Waals surface area contributed by atoms with Gasteiger partial charge in [-0.05, 0) is 54.7 Å². The average Bonchev–Trinajstić information content (AvgIpc) is 2.67. The highest BCUT2D eigenvalue weighted by Crippen LogP contribution is 2.29. The lowest BCUT2D eigenvalue weighted by Crippen LogP contribution is -2.31. The van der Waals surface area contributed by atoms with Crippen LogP contribution in [0.4, 0.5) is 5.69 Å². The average molecular weight is 373 g/mol. The first-order valence-corrected chi connectivity index (χ1v) is 9.28. The minimum absolute atomic E-state index is 0.102. The predicted octanol–water partition coefficient (Wildman–Crippen LogP) is 5.26. The first-order valence-electron chi connectivity index (χ1n) is 8.87. The van der Waals surface area contributed by atoms with Crippen LogP contribution in [0.15, 0.2) is 42.5 Å². The highest BCUT2D eigenvalue weighted by molar-refractivity contribution is 7.80. The van der Waals surface area contributed by atoms with E-state index in [0.717, 1.165) is 17.9 Å². The van der Waals surface area contributed by atoms with Crippen molar-refractivity contribution in [2.45, 2.75) is 39.2 Å². The number of nitrogens with one attached hydrogen (secondary N) is 2. The molecular weight excluding hydrogens is 344 g/mol. The highest BCUT2D eigenvalue weighted by atomic mass is 32.1. The SMILES string of the molecule is CC[C@@H](C)c1ccc([C@H](C)NC(=S)Nc2ccc(OC)cc2OC)cc1. The molecule has 26 heavy (non-hydrogen) atoms. The lowest BCUT2D eigenvalue weighted by Gasteiger charge is -2.19. The number of anilines is 1. The molecule has 2 aromatic rings. The van der Waals surface area contributed by atoms with Crippen LogP contribution >= 0.6 is 12.2 Å². The molecule has 2 aromatic carbocycles. The Hall–Kier alpha value is -2.27. The second-order valence-electron chi connectivity index (χ2n) is 6.36. The van der Waals surface area contributed by atoms with Crippen LogP contribution in [0.2, 0.25) is 0 Å². The molecule has 4 nitrogen and oxygen atoms in total. The van der Waals surface area contributed by atoms with Gasteiger partial charge in [-0.1, -0.05) is 38.1 Å². The molecule has 0 heterocycles. The second-order valence-corrected chi connectivity index (χ2v) is 6.77. The third-order valence-electron chi connectivity index (χ3n) is 4.62. The number of rotatable bonds is 7. The van der Waals surface area contributed by atoms with Crippen LogP contribution in [0.25, 0.3) is 0 Å². The molecule has 0 saturated carbocycles. The van der Waals surface area contributed by atoms with Gasteiger partial charge in [0.1, 0.15) is 11.5 Å². The summed E-state index contributed by atoms with van der Waals surface area (Å²) in [5.74, 6) is 2.00. The molecule has 0 aliphatic heterocycles. The summed E-state index contributed by atoms with van der Waals surface area (Å²) in [7, 11) is 3.25. The molecule has 0 aliphatic carbocycles. The van der Waals surface area contributed by atoms with E-state index in [4.69, 9.17) is 21.7 Å². The van der Waals surface area contributed by atoms with Gasteiger partial charge < -0.3 is 20.1 Å². The summed E-state index contributed by atoms with van der Waals surface area (Å²) in [4.78, 5) is 0. The van der Waals surface area contributed by atoms with Crippen LogP contribution < -0.4 is 20.1 Å². The van der Waals surface area contributed by atoms with Crippen LogP contribution in [0.3, 0.4) is 0 Å². The highest BCUT2D eigenvalue weighted by Gasteiger charge is 2.11. The molecule has 0 amide bonds. The van der Waals surface area contributed by atoms with Gasteiger partial charge in [0.25, 0.3) is 0 Å². The monoisotopic (exact) mass is 372 g/mol. The lowest BCUT2D eigenvalue weighted by molar-refractivity contribution is 0.395. The molecule has 0 bridgehead atoms. The van der Waals surface area contributed by atoms with E-state index in [1.165, 1.54) is 11.1 Å². The van der Waals surface area contributed by atoms with Gasteiger partial charge >= 0.3 is 0 Å². The Kier molecular flexibility index (Phi) is 7.27. The largest absolute Gasteiger partial charge is 0.497 e. The van der Waals surface area contributed by atoms with Crippen molar-refractivity contribution in [2.75, 3.05) is 19.5 Å². The van der Waals surface area contributed by atoms with Crippen LogP contribution in [-0.4, -0.2) is 19.3 Å². The van der Waals surface area contributed by atoms with Crippen LogP contribution in [0, 0.1) is 0 Å². The van der Waals surface area contributed by atoms with Gasteiger partial charge in [-0.25, -0.2) is 0 Å². The maximum atomic E-state index is 5.46. The Morgan fingerprint density at radius 1 is 1.00 bits per heavy atom. The summed E-state index contributed by atoms with van der Waals surface area (Å²) in [6, 6.07) is 14.4. The van der Waals surface area contributed by atoms with E-state index in [9.17, 15) is 0 Å². The zero-order chi connectivity index (χ0) is 19.1. The van der Waals surface area contributed by atoms with Crippen LogP contribution in [-0.2, 0) is 0 Å². The van der Waals surface area contributed by atoms with Gasteiger partial charge in [0, 0.05) is 6.07 Å². The fourth-order valence-electron chi connectivity index (χ4n) is 2.69. The molecule has 2 rings (SSSR count). The summed E-state index contributed by atoms with van der Waals surface area (Å²) in [5, 5.41) is 7.06. The molecule has 0 aromatic heterocycles. The van der Waals surface area contributed by atoms with Crippen molar-refractivity contribution < 1.29 is 9.47 Å². The van der Waals surface area contributed by atoms with Gasteiger partial charge in [0.15, 0.2) is 5.11 Å². The number of methoxy groups -OCH3 is 2. The van der Waals surface area contributed by atoms with Crippen molar-refractivity contribution in [3.8, 4) is 11.5 Å². The minimum Gasteiger partial charge on any atom is -0.497 e. The Balaban J connectivity index is 2.01. The number of hydrogen-bond acceptors (Lipinski definition) is 3. The van der Waals surface area contributed by atoms with Crippen molar-refractivity contribution in [2.24, 2.45) is 0 Å². The Morgan fingerprint density at radius 3 is 2.23 bits per heavy atom. The van der Waals surface area contributed by atoms with Gasteiger partial charge in [-0.2, -0.15) is 0 Å². The van der Waals surface area contributed by atoms with Crippen molar-refractivity contribution in [1.29, 1.82) is 0 Å². The van der Waals surface area contributed by atoms with Crippen LogP contribution in [0.5, 0.6) is 11.5 Å². The minimum atomic E-state index is 0.102. The lowest BCUT2D eigenvalue weighted by atomic mass is 9.96. The molecule has 0 unspecified atom stereocenters. The number of thiocarbonyl (C=S) groups is 1. The molecule has 0 spiro atoms. The third-order valence-corrected chi connectivity index (χ3v) is 4.84. The molecule has 0 radical (unpaired) electrons. The first-order chi connectivity index (χ1) is 12.5. The summed E-state index contributed by atoms with van der Waals surface area (Å²) < 4.78 is 10.6. The molecule has 0 aliphatic rings. The molecule has 0 fully saturated rings. The standard InChI is InChI=1S/C21H28N2O2S/c1-6-14(2)16-7-9-17(10-8-16)15(3)22-21(26)23-19-12-11-18(24-4)13-20(19)25-5/h7-15H,6H2,1-5H3,(H2,22,23,26)/t14-,15+/m1/s1.